The molecule has 146 valence electrons. The van der Waals surface area contributed by atoms with Gasteiger partial charge in [0.1, 0.15) is 0 Å². The third-order valence-electron chi connectivity index (χ3n) is 5.05. The monoisotopic (exact) mass is 382 g/mol. The van der Waals surface area contributed by atoms with E-state index in [9.17, 15) is 14.4 Å². The van der Waals surface area contributed by atoms with Crippen LogP contribution in [0, 0.1) is 13.8 Å². The third-order valence-corrected chi connectivity index (χ3v) is 5.05. The van der Waals surface area contributed by atoms with Gasteiger partial charge in [-0.15, -0.1) is 0 Å². The number of hydrogen-bond donors (Lipinski definition) is 3. The Hall–Kier alpha value is -3.29. The molecule has 0 saturated heterocycles. The number of nitrogens with zero attached hydrogens (tertiary/aromatic N) is 1. The van der Waals surface area contributed by atoms with Crippen LogP contribution in [0.15, 0.2) is 29.1 Å². The van der Waals surface area contributed by atoms with E-state index in [1.165, 1.54) is 6.92 Å². The van der Waals surface area contributed by atoms with E-state index in [-0.39, 0.29) is 5.69 Å². The Labute approximate surface area is 160 Å². The molecule has 0 bridgehead atoms. The molecule has 0 aliphatic heterocycles. The van der Waals surface area contributed by atoms with Crippen molar-refractivity contribution in [3.05, 3.63) is 51.7 Å². The van der Waals surface area contributed by atoms with E-state index in [0.29, 0.717) is 28.3 Å². The average molecular weight is 382 g/mol. The fourth-order valence-corrected chi connectivity index (χ4v) is 3.51. The van der Waals surface area contributed by atoms with Crippen LogP contribution in [0.4, 0.5) is 5.69 Å². The van der Waals surface area contributed by atoms with Crippen LogP contribution in [0.25, 0.3) is 11.0 Å². The Morgan fingerprint density at radius 2 is 1.89 bits per heavy atom. The highest BCUT2D eigenvalue weighted by molar-refractivity contribution is 5.98. The Kier molecular flexibility index (Phi) is 4.33. The van der Waals surface area contributed by atoms with Crippen molar-refractivity contribution in [2.45, 2.75) is 45.8 Å². The fraction of sp³-hybridized carbons (Fsp3) is 0.350. The van der Waals surface area contributed by atoms with Crippen molar-refractivity contribution in [3.63, 3.8) is 0 Å². The summed E-state index contributed by atoms with van der Waals surface area (Å²) < 4.78 is 7.54. The maximum absolute atomic E-state index is 12.6. The quantitative estimate of drug-likeness (QED) is 0.590. The van der Waals surface area contributed by atoms with Crippen LogP contribution in [-0.4, -0.2) is 32.5 Å². The smallest absolute Gasteiger partial charge is 0.340 e. The van der Waals surface area contributed by atoms with Crippen LogP contribution < -0.4 is 11.0 Å². The number of hydrogen-bond acceptors (Lipinski definition) is 4. The van der Waals surface area contributed by atoms with Crippen molar-refractivity contribution < 1.29 is 14.3 Å². The van der Waals surface area contributed by atoms with Crippen molar-refractivity contribution in [1.29, 1.82) is 0 Å². The van der Waals surface area contributed by atoms with E-state index >= 15 is 0 Å². The van der Waals surface area contributed by atoms with Crippen LogP contribution in [0.2, 0.25) is 0 Å². The predicted molar refractivity (Wildman–Crippen MR) is 105 cm³/mol. The second-order valence-corrected chi connectivity index (χ2v) is 7.26. The summed E-state index contributed by atoms with van der Waals surface area (Å²) in [6.07, 6.45) is 1.29. The number of benzene rings is 1. The molecule has 28 heavy (non-hydrogen) atoms. The number of fused-ring (bicyclic) bond motifs is 1. The molecule has 2 heterocycles. The fourth-order valence-electron chi connectivity index (χ4n) is 3.51. The average Bonchev–Trinajstić information content (AvgIpc) is 3.32. The molecule has 1 fully saturated rings. The first-order valence-corrected chi connectivity index (χ1v) is 9.26. The van der Waals surface area contributed by atoms with Gasteiger partial charge >= 0.3 is 11.7 Å². The van der Waals surface area contributed by atoms with Gasteiger partial charge in [0.25, 0.3) is 5.91 Å². The minimum absolute atomic E-state index is 0.315. The summed E-state index contributed by atoms with van der Waals surface area (Å²) in [5.41, 5.74) is 3.81. The van der Waals surface area contributed by atoms with Gasteiger partial charge in [-0.1, -0.05) is 0 Å². The molecule has 1 aromatic carbocycles. The molecule has 1 amide bonds. The molecule has 8 heteroatoms. The minimum Gasteiger partial charge on any atom is -0.449 e. The second kappa shape index (κ2) is 6.70. The van der Waals surface area contributed by atoms with E-state index < -0.39 is 18.0 Å². The van der Waals surface area contributed by atoms with Crippen LogP contribution >= 0.6 is 0 Å². The topological polar surface area (TPSA) is 109 Å². The van der Waals surface area contributed by atoms with E-state index in [1.807, 2.05) is 19.9 Å². The molecule has 1 aliphatic rings. The summed E-state index contributed by atoms with van der Waals surface area (Å²) in [5.74, 6) is -0.949. The van der Waals surface area contributed by atoms with Gasteiger partial charge in [-0.3, -0.25) is 4.79 Å². The summed E-state index contributed by atoms with van der Waals surface area (Å²) in [6, 6.07) is 7.28. The standard InChI is InChI=1S/C20H22N4O4/c1-10-8-15(11(2)24(10)14-5-6-14)19(26)28-12(3)18(25)21-13-4-7-16-17(9-13)23-20(27)22-16/h4,7-9,12,14H,5-6H2,1-3H3,(H,21,25)(H2,22,23,27)/t12-/m0/s1. The SMILES string of the molecule is Cc1cc(C(=O)O[C@@H](C)C(=O)Nc2ccc3[nH]c(=O)[nH]c3c2)c(C)n1C1CC1. The van der Waals surface area contributed by atoms with Crippen LogP contribution in [0.3, 0.4) is 0 Å². The van der Waals surface area contributed by atoms with Gasteiger partial charge in [-0.05, 0) is 57.9 Å². The van der Waals surface area contributed by atoms with Gasteiger partial charge in [0.05, 0.1) is 16.6 Å². The van der Waals surface area contributed by atoms with Crippen LogP contribution in [-0.2, 0) is 9.53 Å². The van der Waals surface area contributed by atoms with E-state index in [4.69, 9.17) is 4.74 Å². The molecule has 0 spiro atoms. The number of esters is 1. The van der Waals surface area contributed by atoms with Gasteiger partial charge in [0, 0.05) is 23.1 Å². The Balaban J connectivity index is 1.44. The first kappa shape index (κ1) is 18.1. The molecule has 1 atom stereocenters. The van der Waals surface area contributed by atoms with Crippen molar-refractivity contribution in [1.82, 2.24) is 14.5 Å². The van der Waals surface area contributed by atoms with Crippen molar-refractivity contribution in [2.24, 2.45) is 0 Å². The summed E-state index contributed by atoms with van der Waals surface area (Å²) in [5, 5.41) is 2.70. The van der Waals surface area contributed by atoms with E-state index in [0.717, 1.165) is 24.2 Å². The predicted octanol–water partition coefficient (Wildman–Crippen LogP) is 2.79. The highest BCUT2D eigenvalue weighted by atomic mass is 16.5. The molecule has 3 aromatic rings. The second-order valence-electron chi connectivity index (χ2n) is 7.26. The summed E-state index contributed by atoms with van der Waals surface area (Å²) in [4.78, 5) is 41.6. The lowest BCUT2D eigenvalue weighted by atomic mass is 10.2. The number of ether oxygens (including phenoxy) is 1. The van der Waals surface area contributed by atoms with Crippen LogP contribution in [0.5, 0.6) is 0 Å². The molecule has 1 aliphatic carbocycles. The molecule has 0 unspecified atom stereocenters. The Morgan fingerprint density at radius 3 is 2.61 bits per heavy atom. The lowest BCUT2D eigenvalue weighted by Crippen LogP contribution is -2.30. The van der Waals surface area contributed by atoms with Crippen molar-refractivity contribution in [3.8, 4) is 0 Å². The lowest BCUT2D eigenvalue weighted by molar-refractivity contribution is -0.123. The third kappa shape index (κ3) is 3.33. The number of imidazole rings is 1. The summed E-state index contributed by atoms with van der Waals surface area (Å²) in [6.45, 7) is 5.41. The molecular weight excluding hydrogens is 360 g/mol. The van der Waals surface area contributed by atoms with Crippen molar-refractivity contribution >= 4 is 28.6 Å². The first-order chi connectivity index (χ1) is 13.3. The van der Waals surface area contributed by atoms with Gasteiger partial charge in [-0.25, -0.2) is 9.59 Å². The van der Waals surface area contributed by atoms with Gasteiger partial charge in [0.2, 0.25) is 0 Å². The zero-order valence-electron chi connectivity index (χ0n) is 16.0. The van der Waals surface area contributed by atoms with Gasteiger partial charge in [0.15, 0.2) is 6.10 Å². The first-order valence-electron chi connectivity index (χ1n) is 9.26. The number of nitrogens with one attached hydrogen (secondary N) is 3. The molecule has 2 aromatic heterocycles. The summed E-state index contributed by atoms with van der Waals surface area (Å²) >= 11 is 0. The van der Waals surface area contributed by atoms with Gasteiger partial charge in [-0.2, -0.15) is 0 Å². The number of aromatic amines is 2. The number of aromatic nitrogens is 3. The van der Waals surface area contributed by atoms with Crippen LogP contribution in [0.1, 0.15) is 47.6 Å². The molecular formula is C20H22N4O4. The molecule has 1 saturated carbocycles. The number of carbonyl (C=O) groups is 2. The zero-order chi connectivity index (χ0) is 20.0. The number of rotatable bonds is 5. The number of carbonyl (C=O) groups excluding carboxylic acids is 2. The largest absolute Gasteiger partial charge is 0.449 e. The maximum Gasteiger partial charge on any atom is 0.340 e. The molecule has 0 radical (unpaired) electrons. The number of aryl methyl sites for hydroxylation is 1. The Bertz CT molecular complexity index is 1130. The zero-order valence-corrected chi connectivity index (χ0v) is 16.0. The lowest BCUT2D eigenvalue weighted by Gasteiger charge is -2.14. The maximum atomic E-state index is 12.6. The number of amides is 1. The molecule has 4 rings (SSSR count). The highest BCUT2D eigenvalue weighted by Crippen LogP contribution is 2.38. The number of H-pyrrole nitrogens is 2. The molecule has 8 nitrogen and oxygen atoms in total. The number of anilines is 1. The highest BCUT2D eigenvalue weighted by Gasteiger charge is 2.29. The normalized spacial score (nSPS) is 14.8. The van der Waals surface area contributed by atoms with E-state index in [1.54, 1.807) is 18.2 Å². The van der Waals surface area contributed by atoms with Crippen molar-refractivity contribution in [2.75, 3.05) is 5.32 Å². The minimum atomic E-state index is -0.961. The summed E-state index contributed by atoms with van der Waals surface area (Å²) in [7, 11) is 0. The van der Waals surface area contributed by atoms with Gasteiger partial charge < -0.3 is 24.6 Å². The Morgan fingerprint density at radius 1 is 1.18 bits per heavy atom. The van der Waals surface area contributed by atoms with E-state index in [2.05, 4.69) is 19.9 Å². The molecule has 3 N–H and O–H groups in total.